The maximum absolute atomic E-state index is 12.1. The fourth-order valence-corrected chi connectivity index (χ4v) is 2.42. The van der Waals surface area contributed by atoms with Crippen molar-refractivity contribution in [3.05, 3.63) is 57.6 Å². The van der Waals surface area contributed by atoms with Crippen molar-refractivity contribution in [2.75, 3.05) is 27.9 Å². The molecule has 0 aromatic heterocycles. The molecule has 0 fully saturated rings. The van der Waals surface area contributed by atoms with Crippen molar-refractivity contribution in [2.24, 2.45) is 0 Å². The van der Waals surface area contributed by atoms with Crippen molar-refractivity contribution >= 4 is 17.6 Å². The number of hydrogen-bond acceptors (Lipinski definition) is 8. The molecular formula is C19H20N2O8. The monoisotopic (exact) mass is 404 g/mol. The molecule has 0 saturated carbocycles. The van der Waals surface area contributed by atoms with Crippen molar-refractivity contribution in [1.82, 2.24) is 5.32 Å². The Morgan fingerprint density at radius 2 is 1.62 bits per heavy atom. The number of carbonyl (C=O) groups is 2. The van der Waals surface area contributed by atoms with Crippen LogP contribution in [-0.4, -0.2) is 44.7 Å². The van der Waals surface area contributed by atoms with Gasteiger partial charge >= 0.3 is 11.7 Å². The van der Waals surface area contributed by atoms with Gasteiger partial charge in [0.25, 0.3) is 5.91 Å². The summed E-state index contributed by atoms with van der Waals surface area (Å²) >= 11 is 0. The van der Waals surface area contributed by atoms with Gasteiger partial charge in [-0.15, -0.1) is 0 Å². The van der Waals surface area contributed by atoms with E-state index < -0.39 is 23.4 Å². The van der Waals surface area contributed by atoms with Crippen LogP contribution in [0.15, 0.2) is 36.4 Å². The number of nitro groups is 1. The van der Waals surface area contributed by atoms with Gasteiger partial charge in [-0.25, -0.2) is 4.79 Å². The first-order valence-corrected chi connectivity index (χ1v) is 8.36. The molecule has 0 bridgehead atoms. The molecular weight excluding hydrogens is 384 g/mol. The Kier molecular flexibility index (Phi) is 7.35. The quantitative estimate of drug-likeness (QED) is 0.382. The summed E-state index contributed by atoms with van der Waals surface area (Å²) in [6.07, 6.45) is 0. The molecule has 2 aromatic carbocycles. The van der Waals surface area contributed by atoms with E-state index >= 15 is 0 Å². The van der Waals surface area contributed by atoms with Crippen molar-refractivity contribution in [3.63, 3.8) is 0 Å². The smallest absolute Gasteiger partial charge is 0.338 e. The molecule has 1 amide bonds. The van der Waals surface area contributed by atoms with Crippen LogP contribution >= 0.6 is 0 Å². The zero-order chi connectivity index (χ0) is 21.4. The van der Waals surface area contributed by atoms with Crippen molar-refractivity contribution in [1.29, 1.82) is 0 Å². The molecule has 0 aliphatic heterocycles. The predicted molar refractivity (Wildman–Crippen MR) is 101 cm³/mol. The topological polar surface area (TPSA) is 126 Å². The number of benzene rings is 2. The molecule has 2 aromatic rings. The van der Waals surface area contributed by atoms with Crippen LogP contribution in [0.5, 0.6) is 17.2 Å². The number of ether oxygens (including phenoxy) is 4. The molecule has 10 nitrogen and oxygen atoms in total. The Labute approximate surface area is 166 Å². The lowest BCUT2D eigenvalue weighted by Gasteiger charge is -2.10. The highest BCUT2D eigenvalue weighted by Crippen LogP contribution is 2.28. The lowest BCUT2D eigenvalue weighted by Crippen LogP contribution is -2.28. The summed E-state index contributed by atoms with van der Waals surface area (Å²) in [6.45, 7) is -0.351. The van der Waals surface area contributed by atoms with Crippen LogP contribution in [0, 0.1) is 10.1 Å². The summed E-state index contributed by atoms with van der Waals surface area (Å²) in [4.78, 5) is 34.3. The molecule has 0 saturated heterocycles. The Morgan fingerprint density at radius 1 is 0.966 bits per heavy atom. The lowest BCUT2D eigenvalue weighted by atomic mass is 10.2. The van der Waals surface area contributed by atoms with E-state index in [0.717, 1.165) is 11.6 Å². The molecule has 0 heterocycles. The van der Waals surface area contributed by atoms with Crippen LogP contribution in [0.25, 0.3) is 0 Å². The third kappa shape index (κ3) is 5.58. The van der Waals surface area contributed by atoms with Crippen LogP contribution in [0.3, 0.4) is 0 Å². The Morgan fingerprint density at radius 3 is 2.24 bits per heavy atom. The van der Waals surface area contributed by atoms with Gasteiger partial charge in [0.2, 0.25) is 0 Å². The van der Waals surface area contributed by atoms with Gasteiger partial charge in [-0.2, -0.15) is 0 Å². The van der Waals surface area contributed by atoms with E-state index in [-0.39, 0.29) is 23.5 Å². The van der Waals surface area contributed by atoms with Crippen molar-refractivity contribution < 1.29 is 33.5 Å². The molecule has 0 aliphatic rings. The lowest BCUT2D eigenvalue weighted by molar-refractivity contribution is -0.385. The third-order valence-corrected chi connectivity index (χ3v) is 3.88. The third-order valence-electron chi connectivity index (χ3n) is 3.88. The molecule has 0 radical (unpaired) electrons. The number of carbonyl (C=O) groups excluding carboxylic acids is 2. The number of nitrogens with zero attached hydrogens (tertiary/aromatic N) is 1. The molecule has 2 rings (SSSR count). The first-order chi connectivity index (χ1) is 13.9. The summed E-state index contributed by atoms with van der Waals surface area (Å²) in [5, 5.41) is 13.6. The summed E-state index contributed by atoms with van der Waals surface area (Å²) < 4.78 is 20.1. The van der Waals surface area contributed by atoms with Crippen LogP contribution < -0.4 is 19.5 Å². The fraction of sp³-hybridized carbons (Fsp3) is 0.263. The first-order valence-electron chi connectivity index (χ1n) is 8.36. The van der Waals surface area contributed by atoms with E-state index in [9.17, 15) is 19.7 Å². The predicted octanol–water partition coefficient (Wildman–Crippen LogP) is 2.09. The second-order valence-electron chi connectivity index (χ2n) is 5.69. The van der Waals surface area contributed by atoms with Crippen LogP contribution in [0.2, 0.25) is 0 Å². The normalized spacial score (nSPS) is 10.0. The minimum absolute atomic E-state index is 0.0132. The Balaban J connectivity index is 1.91. The maximum atomic E-state index is 12.1. The molecule has 0 spiro atoms. The molecule has 0 unspecified atom stereocenters. The largest absolute Gasteiger partial charge is 0.493 e. The number of rotatable bonds is 9. The highest BCUT2D eigenvalue weighted by atomic mass is 16.6. The number of hydrogen-bond donors (Lipinski definition) is 1. The van der Waals surface area contributed by atoms with Gasteiger partial charge in [-0.1, -0.05) is 6.07 Å². The number of amides is 1. The maximum Gasteiger partial charge on any atom is 0.338 e. The van der Waals surface area contributed by atoms with E-state index in [1.54, 1.807) is 18.2 Å². The van der Waals surface area contributed by atoms with Crippen molar-refractivity contribution in [2.45, 2.75) is 6.54 Å². The van der Waals surface area contributed by atoms with E-state index in [1.807, 2.05) is 0 Å². The number of nitrogens with one attached hydrogen (secondary N) is 1. The highest BCUT2D eigenvalue weighted by Gasteiger charge is 2.19. The summed E-state index contributed by atoms with van der Waals surface area (Å²) in [5.41, 5.74) is 0.318. The number of esters is 1. The molecule has 29 heavy (non-hydrogen) atoms. The highest BCUT2D eigenvalue weighted by molar-refractivity contribution is 5.92. The number of methoxy groups -OCH3 is 3. The standard InChI is InChI=1S/C19H20N2O8/c1-26-15-7-5-13(9-14(15)21(24)25)19(23)29-11-18(22)20-10-12-4-6-16(27-2)17(8-12)28-3/h4-9H,10-11H2,1-3H3,(H,20,22). The Hall–Kier alpha value is -3.82. The van der Waals surface area contributed by atoms with Crippen LogP contribution in [0.4, 0.5) is 5.69 Å². The van der Waals surface area contributed by atoms with E-state index in [0.29, 0.717) is 11.5 Å². The average molecular weight is 404 g/mol. The average Bonchev–Trinajstić information content (AvgIpc) is 2.74. The van der Waals surface area contributed by atoms with Gasteiger partial charge in [0, 0.05) is 12.6 Å². The molecule has 154 valence electrons. The van der Waals surface area contributed by atoms with Gasteiger partial charge in [0.05, 0.1) is 31.8 Å². The second-order valence-corrected chi connectivity index (χ2v) is 5.69. The van der Waals surface area contributed by atoms with E-state index in [1.165, 1.54) is 33.5 Å². The molecule has 0 atom stereocenters. The minimum atomic E-state index is -0.864. The van der Waals surface area contributed by atoms with E-state index in [2.05, 4.69) is 5.32 Å². The van der Waals surface area contributed by atoms with Gasteiger partial charge in [-0.05, 0) is 29.8 Å². The van der Waals surface area contributed by atoms with Gasteiger partial charge in [0.15, 0.2) is 23.9 Å². The van der Waals surface area contributed by atoms with Gasteiger partial charge in [-0.3, -0.25) is 14.9 Å². The summed E-state index contributed by atoms with van der Waals surface area (Å²) in [7, 11) is 4.30. The Bertz CT molecular complexity index is 913. The van der Waals surface area contributed by atoms with Crippen LogP contribution in [-0.2, 0) is 16.1 Å². The zero-order valence-electron chi connectivity index (χ0n) is 16.1. The second kappa shape index (κ2) is 9.93. The first kappa shape index (κ1) is 21.5. The van der Waals surface area contributed by atoms with E-state index in [4.69, 9.17) is 18.9 Å². The van der Waals surface area contributed by atoms with Gasteiger partial charge in [0.1, 0.15) is 0 Å². The molecule has 1 N–H and O–H groups in total. The number of nitro benzene ring substituents is 1. The van der Waals surface area contributed by atoms with Gasteiger partial charge < -0.3 is 24.3 Å². The minimum Gasteiger partial charge on any atom is -0.493 e. The van der Waals surface area contributed by atoms with Crippen LogP contribution in [0.1, 0.15) is 15.9 Å². The fourth-order valence-electron chi connectivity index (χ4n) is 2.42. The summed E-state index contributed by atoms with van der Waals surface area (Å²) in [5.74, 6) is -0.302. The van der Waals surface area contributed by atoms with Crippen molar-refractivity contribution in [3.8, 4) is 17.2 Å². The molecule has 10 heteroatoms. The summed E-state index contributed by atoms with van der Waals surface area (Å²) in [6, 6.07) is 8.80. The SMILES string of the molecule is COc1ccc(CNC(=O)COC(=O)c2ccc(OC)c([N+](=O)[O-])c2)cc1OC. The molecule has 0 aliphatic carbocycles. The zero-order valence-corrected chi connectivity index (χ0v) is 16.1.